The van der Waals surface area contributed by atoms with E-state index >= 15 is 0 Å². The Hall–Kier alpha value is -4.42. The van der Waals surface area contributed by atoms with E-state index < -0.39 is 51.8 Å². The Morgan fingerprint density at radius 1 is 0.918 bits per heavy atom. The first-order chi connectivity index (χ1) is 22.7. The maximum absolute atomic E-state index is 13.5. The second kappa shape index (κ2) is 13.1. The highest BCUT2D eigenvalue weighted by atomic mass is 35.5. The number of anilines is 3. The van der Waals surface area contributed by atoms with Gasteiger partial charge >= 0.3 is 24.5 Å². The number of nitrogens with one attached hydrogen (secondary N) is 2. The van der Waals surface area contributed by atoms with E-state index in [2.05, 4.69) is 35.1 Å². The average Bonchev–Trinajstić information content (AvgIpc) is 3.47. The van der Waals surface area contributed by atoms with Gasteiger partial charge in [-0.3, -0.25) is 4.79 Å². The molecule has 264 valence electrons. The molecule has 2 aromatic carbocycles. The van der Waals surface area contributed by atoms with Crippen molar-refractivity contribution in [1.29, 1.82) is 0 Å². The van der Waals surface area contributed by atoms with Gasteiger partial charge in [0.1, 0.15) is 11.4 Å². The smallest absolute Gasteiger partial charge is 0.406 e. The Kier molecular flexibility index (Phi) is 9.61. The molecule has 0 saturated carbocycles. The summed E-state index contributed by atoms with van der Waals surface area (Å²) in [6, 6.07) is 7.20. The van der Waals surface area contributed by atoms with E-state index in [1.165, 1.54) is 13.8 Å². The Bertz CT molecular complexity index is 1750. The fraction of sp³-hybridized carbons (Fsp3) is 0.379. The van der Waals surface area contributed by atoms with Crippen molar-refractivity contribution in [2.75, 3.05) is 48.8 Å². The molecule has 2 aliphatic heterocycles. The van der Waals surface area contributed by atoms with Crippen molar-refractivity contribution < 1.29 is 50.3 Å². The van der Waals surface area contributed by atoms with E-state index in [0.29, 0.717) is 0 Å². The molecule has 3 amide bonds. The van der Waals surface area contributed by atoms with Crippen LogP contribution in [0, 0.1) is 0 Å². The topological polar surface area (TPSA) is 121 Å². The largest absolute Gasteiger partial charge is 0.573 e. The highest BCUT2D eigenvalue weighted by molar-refractivity contribution is 6.40. The molecule has 0 atom stereocenters. The molecule has 0 aliphatic carbocycles. The van der Waals surface area contributed by atoms with Gasteiger partial charge in [-0.05, 0) is 45.2 Å². The number of amides is 3. The molecular formula is C29H27Cl2F6N7O5. The first-order valence-corrected chi connectivity index (χ1v) is 15.1. The lowest BCUT2D eigenvalue weighted by Crippen LogP contribution is -2.45. The number of fused-ring (bicyclic) bond motifs is 1. The van der Waals surface area contributed by atoms with Crippen LogP contribution in [0.2, 0.25) is 10.0 Å². The van der Waals surface area contributed by atoms with Gasteiger partial charge in [-0.2, -0.15) is 13.2 Å². The second-order valence-electron chi connectivity index (χ2n) is 11.6. The Morgan fingerprint density at radius 2 is 1.51 bits per heavy atom. The molecule has 1 fully saturated rings. The van der Waals surface area contributed by atoms with Gasteiger partial charge in [0.05, 0.1) is 27.8 Å². The van der Waals surface area contributed by atoms with E-state index in [-0.39, 0.29) is 39.7 Å². The number of hydrogen-bond donors (Lipinski definition) is 2. The highest BCUT2D eigenvalue weighted by Crippen LogP contribution is 2.43. The van der Waals surface area contributed by atoms with Crippen molar-refractivity contribution in [2.45, 2.75) is 38.5 Å². The predicted octanol–water partition coefficient (Wildman–Crippen LogP) is 5.89. The van der Waals surface area contributed by atoms with E-state index in [4.69, 9.17) is 23.2 Å². The van der Waals surface area contributed by atoms with E-state index in [0.717, 1.165) is 48.9 Å². The summed E-state index contributed by atoms with van der Waals surface area (Å²) in [4.78, 5) is 48.8. The Morgan fingerprint density at radius 3 is 2.06 bits per heavy atom. The first-order valence-electron chi connectivity index (χ1n) is 14.3. The number of likely N-dealkylation sites (N-methyl/N-ethyl adjacent to an activating group) is 1. The number of piperazine rings is 1. The third-order valence-electron chi connectivity index (χ3n) is 7.88. The van der Waals surface area contributed by atoms with Crippen LogP contribution in [0.5, 0.6) is 5.75 Å². The highest BCUT2D eigenvalue weighted by Gasteiger charge is 2.49. The van der Waals surface area contributed by atoms with Gasteiger partial charge < -0.3 is 34.9 Å². The van der Waals surface area contributed by atoms with Crippen LogP contribution in [0.1, 0.15) is 35.5 Å². The molecule has 3 aromatic rings. The third-order valence-corrected chi connectivity index (χ3v) is 8.48. The summed E-state index contributed by atoms with van der Waals surface area (Å²) in [5.74, 6) is -4.37. The lowest BCUT2D eigenvalue weighted by atomic mass is 10.0. The summed E-state index contributed by atoms with van der Waals surface area (Å²) < 4.78 is 81.4. The normalized spacial score (nSPS) is 16.3. The molecule has 3 heterocycles. The number of urea groups is 1. The number of hydrogen-bond acceptors (Lipinski definition) is 8. The molecule has 20 heteroatoms. The van der Waals surface area contributed by atoms with Gasteiger partial charge in [-0.15, -0.1) is 18.3 Å². The van der Waals surface area contributed by atoms with Gasteiger partial charge in [0, 0.05) is 55.1 Å². The Balaban J connectivity index is 1.41. The van der Waals surface area contributed by atoms with Crippen LogP contribution in [-0.4, -0.2) is 83.4 Å². The van der Waals surface area contributed by atoms with Crippen LogP contribution in [0.25, 0.3) is 0 Å². The van der Waals surface area contributed by atoms with E-state index in [9.17, 15) is 40.7 Å². The number of carbonyl (C=O) groups is 3. The molecule has 2 aliphatic rings. The van der Waals surface area contributed by atoms with Gasteiger partial charge in [0.25, 0.3) is 5.91 Å². The average molecular weight is 738 g/mol. The number of carbonyl (C=O) groups excluding carboxylic acids is 3. The lowest BCUT2D eigenvalue weighted by molar-refractivity contribution is -0.274. The van der Waals surface area contributed by atoms with Crippen LogP contribution in [0.4, 0.5) is 48.3 Å². The van der Waals surface area contributed by atoms with Crippen molar-refractivity contribution in [2.24, 2.45) is 0 Å². The molecule has 1 saturated heterocycles. The standard InChI is InChI=1S/C29H27Cl2F6N7O5/c1-27(2)22-18(14-43(27)26(47)38-21-19(30)12-17(13-20(21)31)48-29(35,36)37)23(40-44(22)49-25(46)28(32,33)34)39-24(45)15-4-6-16(7-5-15)42-10-8-41(3)9-11-42/h4-7,12-13H,8-11,14H2,1-3H3,(H,38,47)(H,39,40,45). The van der Waals surface area contributed by atoms with Crippen molar-refractivity contribution >= 4 is 58.3 Å². The van der Waals surface area contributed by atoms with Gasteiger partial charge in [-0.25, -0.2) is 9.59 Å². The molecule has 0 radical (unpaired) electrons. The third kappa shape index (κ3) is 7.75. The fourth-order valence-electron chi connectivity index (χ4n) is 5.39. The molecule has 0 unspecified atom stereocenters. The number of benzene rings is 2. The zero-order chi connectivity index (χ0) is 36.1. The summed E-state index contributed by atoms with van der Waals surface area (Å²) in [7, 11) is 2.02. The van der Waals surface area contributed by atoms with Crippen molar-refractivity contribution in [3.63, 3.8) is 0 Å². The van der Waals surface area contributed by atoms with Crippen molar-refractivity contribution in [3.8, 4) is 5.75 Å². The Labute approximate surface area is 284 Å². The zero-order valence-corrected chi connectivity index (χ0v) is 27.3. The summed E-state index contributed by atoms with van der Waals surface area (Å²) >= 11 is 12.2. The summed E-state index contributed by atoms with van der Waals surface area (Å²) in [5.41, 5.74) is -0.949. The molecular weight excluding hydrogens is 711 g/mol. The molecule has 49 heavy (non-hydrogen) atoms. The van der Waals surface area contributed by atoms with Gasteiger partial charge in [0.15, 0.2) is 5.82 Å². The number of rotatable bonds is 6. The second-order valence-corrected chi connectivity index (χ2v) is 12.4. The molecule has 0 bridgehead atoms. The van der Waals surface area contributed by atoms with Crippen LogP contribution in [0.3, 0.4) is 0 Å². The number of halogens is 8. The van der Waals surface area contributed by atoms with Crippen molar-refractivity contribution in [3.05, 3.63) is 63.3 Å². The zero-order valence-electron chi connectivity index (χ0n) is 25.8. The SMILES string of the molecule is CN1CCN(c2ccc(C(=O)Nc3nn(OC(=O)C(F)(F)F)c4c3CN(C(=O)Nc3c(Cl)cc(OC(F)(F)F)cc3Cl)C4(C)C)cc2)CC1. The summed E-state index contributed by atoms with van der Waals surface area (Å²) in [5, 5.41) is 7.95. The minimum atomic E-state index is -5.41. The number of aromatic nitrogens is 2. The molecule has 0 spiro atoms. The van der Waals surface area contributed by atoms with Crippen LogP contribution >= 0.6 is 23.2 Å². The molecule has 5 rings (SSSR count). The first kappa shape index (κ1) is 35.9. The van der Waals surface area contributed by atoms with E-state index in [1.807, 2.05) is 7.05 Å². The predicted molar refractivity (Wildman–Crippen MR) is 165 cm³/mol. The van der Waals surface area contributed by atoms with Gasteiger partial charge in [-0.1, -0.05) is 28.0 Å². The fourth-order valence-corrected chi connectivity index (χ4v) is 5.95. The lowest BCUT2D eigenvalue weighted by Gasteiger charge is -2.34. The van der Waals surface area contributed by atoms with Crippen LogP contribution < -0.4 is 25.1 Å². The maximum Gasteiger partial charge on any atom is 0.573 e. The summed E-state index contributed by atoms with van der Waals surface area (Å²) in [6.45, 7) is 5.71. The molecule has 2 N–H and O–H groups in total. The monoisotopic (exact) mass is 737 g/mol. The number of nitrogens with zero attached hydrogens (tertiary/aromatic N) is 5. The molecule has 12 nitrogen and oxygen atoms in total. The van der Waals surface area contributed by atoms with Crippen molar-refractivity contribution in [1.82, 2.24) is 19.7 Å². The molecule has 1 aromatic heterocycles. The van der Waals surface area contributed by atoms with Gasteiger partial charge in [0.2, 0.25) is 0 Å². The summed E-state index contributed by atoms with van der Waals surface area (Å²) in [6.07, 6.45) is -10.5. The number of ether oxygens (including phenoxy) is 1. The maximum atomic E-state index is 13.5. The van der Waals surface area contributed by atoms with E-state index in [1.54, 1.807) is 24.3 Å². The quantitative estimate of drug-likeness (QED) is 0.301. The minimum absolute atomic E-state index is 0.0312. The van der Waals surface area contributed by atoms with Crippen LogP contribution in [0.15, 0.2) is 36.4 Å². The minimum Gasteiger partial charge on any atom is -0.406 e. The number of alkyl halides is 6. The van der Waals surface area contributed by atoms with Crippen LogP contribution in [-0.2, 0) is 16.9 Å².